The molecule has 108 valence electrons. The third kappa shape index (κ3) is 6.72. The molecule has 1 aromatic rings. The second-order valence-corrected chi connectivity index (χ2v) is 5.23. The Balaban J connectivity index is 2.20. The normalized spacial score (nSPS) is 12.6. The number of unbranched alkanes of at least 4 members (excludes halogenated alkanes) is 5. The van der Waals surface area contributed by atoms with Crippen molar-refractivity contribution in [1.29, 1.82) is 0 Å². The molecule has 1 aromatic carbocycles. The predicted molar refractivity (Wildman–Crippen MR) is 80.8 cm³/mol. The van der Waals surface area contributed by atoms with E-state index in [-0.39, 0.29) is 5.82 Å². The van der Waals surface area contributed by atoms with Gasteiger partial charge in [-0.15, -0.1) is 0 Å². The molecule has 19 heavy (non-hydrogen) atoms. The highest BCUT2D eigenvalue weighted by molar-refractivity contribution is 5.19. The first kappa shape index (κ1) is 16.2. The second-order valence-electron chi connectivity index (χ2n) is 5.23. The Kier molecular flexibility index (Phi) is 8.48. The minimum absolute atomic E-state index is 0.158. The number of halogens is 1. The van der Waals surface area contributed by atoms with Crippen LogP contribution in [0.1, 0.15) is 70.4 Å². The topological polar surface area (TPSA) is 12.0 Å². The van der Waals surface area contributed by atoms with Gasteiger partial charge in [-0.1, -0.05) is 58.1 Å². The van der Waals surface area contributed by atoms with Gasteiger partial charge in [0.2, 0.25) is 0 Å². The van der Waals surface area contributed by atoms with Gasteiger partial charge in [0.15, 0.2) is 0 Å². The quantitative estimate of drug-likeness (QED) is 0.571. The second kappa shape index (κ2) is 9.96. The van der Waals surface area contributed by atoms with Crippen LogP contribution < -0.4 is 5.32 Å². The van der Waals surface area contributed by atoms with Crippen LogP contribution in [0.25, 0.3) is 0 Å². The zero-order chi connectivity index (χ0) is 13.9. The molecule has 1 unspecified atom stereocenters. The summed E-state index contributed by atoms with van der Waals surface area (Å²) >= 11 is 0. The molecule has 2 heteroatoms. The summed E-state index contributed by atoms with van der Waals surface area (Å²) in [5, 5.41) is 3.57. The highest BCUT2D eigenvalue weighted by Crippen LogP contribution is 2.17. The van der Waals surface area contributed by atoms with Crippen LogP contribution in [0.5, 0.6) is 0 Å². The summed E-state index contributed by atoms with van der Waals surface area (Å²) in [6, 6.07) is 7.22. The Morgan fingerprint density at radius 2 is 1.58 bits per heavy atom. The zero-order valence-corrected chi connectivity index (χ0v) is 12.4. The lowest BCUT2D eigenvalue weighted by Gasteiger charge is -2.17. The molecular formula is C17H28FN. The number of hydrogen-bond donors (Lipinski definition) is 1. The summed E-state index contributed by atoms with van der Waals surface area (Å²) in [6.45, 7) is 5.47. The standard InChI is InChI=1S/C17H28FN/c1-3-5-6-7-8-9-14-19-17(4-2)15-10-12-16(18)13-11-15/h10-13,17,19H,3-9,14H2,1-2H3. The summed E-state index contributed by atoms with van der Waals surface area (Å²) in [6.07, 6.45) is 8.98. The van der Waals surface area contributed by atoms with Gasteiger partial charge in [-0.25, -0.2) is 4.39 Å². The average molecular weight is 265 g/mol. The Morgan fingerprint density at radius 3 is 2.21 bits per heavy atom. The molecule has 0 amide bonds. The number of hydrogen-bond acceptors (Lipinski definition) is 1. The molecule has 0 saturated carbocycles. The molecule has 0 spiro atoms. The molecule has 1 nitrogen and oxygen atoms in total. The van der Waals surface area contributed by atoms with Crippen LogP contribution in [0, 0.1) is 5.82 Å². The lowest BCUT2D eigenvalue weighted by atomic mass is 10.0. The first-order chi connectivity index (χ1) is 9.27. The van der Waals surface area contributed by atoms with Gasteiger partial charge in [0, 0.05) is 6.04 Å². The first-order valence-electron chi connectivity index (χ1n) is 7.76. The van der Waals surface area contributed by atoms with Crippen molar-refractivity contribution < 1.29 is 4.39 Å². The van der Waals surface area contributed by atoms with E-state index in [1.165, 1.54) is 44.1 Å². The van der Waals surface area contributed by atoms with Gasteiger partial charge in [-0.2, -0.15) is 0 Å². The maximum Gasteiger partial charge on any atom is 0.123 e. The summed E-state index contributed by atoms with van der Waals surface area (Å²) in [4.78, 5) is 0. The molecule has 0 heterocycles. The highest BCUT2D eigenvalue weighted by atomic mass is 19.1. The third-order valence-corrected chi connectivity index (χ3v) is 3.60. The van der Waals surface area contributed by atoms with Crippen LogP contribution in [0.4, 0.5) is 4.39 Å². The lowest BCUT2D eigenvalue weighted by Crippen LogP contribution is -2.21. The van der Waals surface area contributed by atoms with Gasteiger partial charge in [-0.3, -0.25) is 0 Å². The third-order valence-electron chi connectivity index (χ3n) is 3.60. The first-order valence-corrected chi connectivity index (χ1v) is 7.76. The molecule has 0 bridgehead atoms. The van der Waals surface area contributed by atoms with Crippen molar-refractivity contribution in [3.05, 3.63) is 35.6 Å². The molecule has 1 atom stereocenters. The van der Waals surface area contributed by atoms with E-state index in [0.717, 1.165) is 13.0 Å². The predicted octanol–water partition coefficient (Wildman–Crippen LogP) is 5.23. The van der Waals surface area contributed by atoms with E-state index in [2.05, 4.69) is 19.2 Å². The molecule has 0 radical (unpaired) electrons. The molecule has 0 aliphatic heterocycles. The maximum atomic E-state index is 12.9. The van der Waals surface area contributed by atoms with E-state index in [1.807, 2.05) is 12.1 Å². The van der Waals surface area contributed by atoms with Crippen molar-refractivity contribution in [3.63, 3.8) is 0 Å². The molecular weight excluding hydrogens is 237 g/mol. The van der Waals surface area contributed by atoms with E-state index < -0.39 is 0 Å². The fourth-order valence-electron chi connectivity index (χ4n) is 2.37. The fraction of sp³-hybridized carbons (Fsp3) is 0.647. The van der Waals surface area contributed by atoms with Gasteiger partial charge in [0.1, 0.15) is 5.82 Å². The molecule has 0 saturated heterocycles. The van der Waals surface area contributed by atoms with Crippen molar-refractivity contribution in [2.24, 2.45) is 0 Å². The van der Waals surface area contributed by atoms with Crippen LogP contribution in [0.2, 0.25) is 0 Å². The van der Waals surface area contributed by atoms with Crippen LogP contribution in [0.15, 0.2) is 24.3 Å². The Morgan fingerprint density at radius 1 is 0.947 bits per heavy atom. The zero-order valence-electron chi connectivity index (χ0n) is 12.4. The lowest BCUT2D eigenvalue weighted by molar-refractivity contribution is 0.492. The van der Waals surface area contributed by atoms with Crippen molar-refractivity contribution in [1.82, 2.24) is 5.32 Å². The summed E-state index contributed by atoms with van der Waals surface area (Å²) in [7, 11) is 0. The molecule has 0 aliphatic carbocycles. The Labute approximate surface area is 117 Å². The van der Waals surface area contributed by atoms with Crippen molar-refractivity contribution >= 4 is 0 Å². The van der Waals surface area contributed by atoms with Crippen molar-refractivity contribution in [2.75, 3.05) is 6.54 Å². The largest absolute Gasteiger partial charge is 0.310 e. The molecule has 1 rings (SSSR count). The van der Waals surface area contributed by atoms with E-state index in [0.29, 0.717) is 6.04 Å². The van der Waals surface area contributed by atoms with E-state index in [1.54, 1.807) is 12.1 Å². The minimum Gasteiger partial charge on any atom is -0.310 e. The van der Waals surface area contributed by atoms with Crippen LogP contribution in [-0.4, -0.2) is 6.54 Å². The van der Waals surface area contributed by atoms with E-state index in [4.69, 9.17) is 0 Å². The molecule has 0 fully saturated rings. The average Bonchev–Trinajstić information content (AvgIpc) is 2.43. The molecule has 0 aromatic heterocycles. The Hall–Kier alpha value is -0.890. The van der Waals surface area contributed by atoms with Crippen molar-refractivity contribution in [2.45, 2.75) is 64.8 Å². The van der Waals surface area contributed by atoms with Gasteiger partial charge in [0.25, 0.3) is 0 Å². The van der Waals surface area contributed by atoms with Crippen LogP contribution >= 0.6 is 0 Å². The van der Waals surface area contributed by atoms with Gasteiger partial charge >= 0.3 is 0 Å². The van der Waals surface area contributed by atoms with E-state index in [9.17, 15) is 4.39 Å². The Bertz CT molecular complexity index is 321. The van der Waals surface area contributed by atoms with Gasteiger partial charge in [0.05, 0.1) is 0 Å². The monoisotopic (exact) mass is 265 g/mol. The highest BCUT2D eigenvalue weighted by Gasteiger charge is 2.07. The number of nitrogens with one attached hydrogen (secondary N) is 1. The number of benzene rings is 1. The van der Waals surface area contributed by atoms with Gasteiger partial charge < -0.3 is 5.32 Å². The summed E-state index contributed by atoms with van der Waals surface area (Å²) in [5.74, 6) is -0.158. The molecule has 0 aliphatic rings. The van der Waals surface area contributed by atoms with Crippen molar-refractivity contribution in [3.8, 4) is 0 Å². The SMILES string of the molecule is CCCCCCCCNC(CC)c1ccc(F)cc1. The number of rotatable bonds is 10. The van der Waals surface area contributed by atoms with E-state index >= 15 is 0 Å². The van der Waals surface area contributed by atoms with Gasteiger partial charge in [-0.05, 0) is 37.1 Å². The summed E-state index contributed by atoms with van der Waals surface area (Å²) in [5.41, 5.74) is 1.19. The maximum absolute atomic E-state index is 12.9. The fourth-order valence-corrected chi connectivity index (χ4v) is 2.37. The minimum atomic E-state index is -0.158. The van der Waals surface area contributed by atoms with Crippen LogP contribution in [-0.2, 0) is 0 Å². The summed E-state index contributed by atoms with van der Waals surface area (Å²) < 4.78 is 12.9. The smallest absolute Gasteiger partial charge is 0.123 e. The molecule has 1 N–H and O–H groups in total. The van der Waals surface area contributed by atoms with Crippen LogP contribution in [0.3, 0.4) is 0 Å².